The lowest BCUT2D eigenvalue weighted by Gasteiger charge is -2.12. The highest BCUT2D eigenvalue weighted by Crippen LogP contribution is 2.26. The molecule has 0 atom stereocenters. The highest BCUT2D eigenvalue weighted by atomic mass is 16.5. The van der Waals surface area contributed by atoms with E-state index >= 15 is 0 Å². The van der Waals surface area contributed by atoms with Gasteiger partial charge in [0.25, 0.3) is 5.91 Å². The molecule has 1 heterocycles. The van der Waals surface area contributed by atoms with E-state index in [9.17, 15) is 4.79 Å². The number of hydrogen-bond donors (Lipinski definition) is 1. The highest BCUT2D eigenvalue weighted by molar-refractivity contribution is 6.06. The third-order valence-electron chi connectivity index (χ3n) is 4.73. The number of ether oxygens (including phenoxy) is 1. The lowest BCUT2D eigenvalue weighted by molar-refractivity contribution is 0.0949. The van der Waals surface area contributed by atoms with E-state index in [0.29, 0.717) is 18.8 Å². The number of carbonyl (C=O) groups is 1. The molecule has 29 heavy (non-hydrogen) atoms. The van der Waals surface area contributed by atoms with E-state index in [4.69, 9.17) is 9.72 Å². The summed E-state index contributed by atoms with van der Waals surface area (Å²) in [6, 6.07) is 17.7. The standard InChI is InChI=1S/C24H29N3O2/c1-4-29-20-13-11-18(12-14-20)22-17-19-9-5-6-10-21(19)23(26-22)24(28)25-15-7-8-16-27(2)3/h5-6,9-14,17H,4,7-8,15-16H2,1-3H3,(H,25,28). The van der Waals surface area contributed by atoms with Gasteiger partial charge in [-0.3, -0.25) is 4.79 Å². The quantitative estimate of drug-likeness (QED) is 0.550. The molecule has 0 unspecified atom stereocenters. The predicted octanol–water partition coefficient (Wildman–Crippen LogP) is 4.37. The zero-order chi connectivity index (χ0) is 20.6. The summed E-state index contributed by atoms with van der Waals surface area (Å²) in [5.41, 5.74) is 2.21. The largest absolute Gasteiger partial charge is 0.494 e. The lowest BCUT2D eigenvalue weighted by Crippen LogP contribution is -2.26. The van der Waals surface area contributed by atoms with Gasteiger partial charge in [0.2, 0.25) is 0 Å². The minimum Gasteiger partial charge on any atom is -0.494 e. The maximum atomic E-state index is 12.9. The normalized spacial score (nSPS) is 11.0. The molecule has 0 saturated carbocycles. The minimum atomic E-state index is -0.126. The minimum absolute atomic E-state index is 0.126. The molecule has 3 rings (SSSR count). The van der Waals surface area contributed by atoms with E-state index in [2.05, 4.69) is 24.3 Å². The molecule has 2 aromatic carbocycles. The number of fused-ring (bicyclic) bond motifs is 1. The predicted molar refractivity (Wildman–Crippen MR) is 118 cm³/mol. The maximum absolute atomic E-state index is 12.9. The van der Waals surface area contributed by atoms with Gasteiger partial charge in [-0.1, -0.05) is 24.3 Å². The number of rotatable bonds is 9. The summed E-state index contributed by atoms with van der Waals surface area (Å²) in [4.78, 5) is 19.7. The molecule has 1 aromatic heterocycles. The Bertz CT molecular complexity index is 952. The van der Waals surface area contributed by atoms with E-state index in [1.165, 1.54) is 0 Å². The number of nitrogens with zero attached hydrogens (tertiary/aromatic N) is 2. The number of pyridine rings is 1. The number of amides is 1. The van der Waals surface area contributed by atoms with Crippen LogP contribution < -0.4 is 10.1 Å². The Morgan fingerprint density at radius 3 is 2.55 bits per heavy atom. The molecule has 0 saturated heterocycles. The number of unbranched alkanes of at least 4 members (excludes halogenated alkanes) is 1. The monoisotopic (exact) mass is 391 g/mol. The second kappa shape index (κ2) is 10.0. The van der Waals surface area contributed by atoms with Crippen LogP contribution in [0.3, 0.4) is 0 Å². The van der Waals surface area contributed by atoms with E-state index < -0.39 is 0 Å². The van der Waals surface area contributed by atoms with Crippen LogP contribution in [0.2, 0.25) is 0 Å². The van der Waals surface area contributed by atoms with E-state index in [-0.39, 0.29) is 5.91 Å². The van der Waals surface area contributed by atoms with Crippen molar-refractivity contribution in [2.24, 2.45) is 0 Å². The van der Waals surface area contributed by atoms with Gasteiger partial charge in [-0.25, -0.2) is 4.98 Å². The van der Waals surface area contributed by atoms with Crippen molar-refractivity contribution in [1.29, 1.82) is 0 Å². The number of aromatic nitrogens is 1. The van der Waals surface area contributed by atoms with E-state index in [0.717, 1.165) is 47.2 Å². The first-order chi connectivity index (χ1) is 14.1. The molecular weight excluding hydrogens is 362 g/mol. The summed E-state index contributed by atoms with van der Waals surface area (Å²) < 4.78 is 5.52. The Kier molecular flexibility index (Phi) is 7.19. The average molecular weight is 392 g/mol. The molecular formula is C24H29N3O2. The second-order valence-corrected chi connectivity index (χ2v) is 7.30. The van der Waals surface area contributed by atoms with Crippen LogP contribution in [0.4, 0.5) is 0 Å². The highest BCUT2D eigenvalue weighted by Gasteiger charge is 2.14. The summed E-state index contributed by atoms with van der Waals surface area (Å²) in [6.07, 6.45) is 1.99. The Hall–Kier alpha value is -2.92. The summed E-state index contributed by atoms with van der Waals surface area (Å²) in [5, 5.41) is 4.90. The molecule has 152 valence electrons. The number of hydrogen-bond acceptors (Lipinski definition) is 4. The zero-order valence-electron chi connectivity index (χ0n) is 17.4. The summed E-state index contributed by atoms with van der Waals surface area (Å²) in [6.45, 7) is 4.26. The van der Waals surface area contributed by atoms with Crippen molar-refractivity contribution in [3.63, 3.8) is 0 Å². The first kappa shape index (κ1) is 20.8. The fourth-order valence-electron chi connectivity index (χ4n) is 3.25. The molecule has 0 spiro atoms. The van der Waals surface area contributed by atoms with Crippen LogP contribution in [0.25, 0.3) is 22.0 Å². The molecule has 0 aliphatic heterocycles. The van der Waals surface area contributed by atoms with Crippen LogP contribution in [-0.4, -0.2) is 49.6 Å². The molecule has 5 nitrogen and oxygen atoms in total. The fraction of sp³-hybridized carbons (Fsp3) is 0.333. The fourth-order valence-corrected chi connectivity index (χ4v) is 3.25. The van der Waals surface area contributed by atoms with Crippen LogP contribution in [0.5, 0.6) is 5.75 Å². The van der Waals surface area contributed by atoms with Gasteiger partial charge in [-0.05, 0) is 76.1 Å². The molecule has 0 aliphatic rings. The van der Waals surface area contributed by atoms with E-state index in [1.54, 1.807) is 0 Å². The van der Waals surface area contributed by atoms with Crippen molar-refractivity contribution < 1.29 is 9.53 Å². The lowest BCUT2D eigenvalue weighted by atomic mass is 10.0. The Balaban J connectivity index is 1.83. The van der Waals surface area contributed by atoms with Crippen LogP contribution in [0, 0.1) is 0 Å². The van der Waals surface area contributed by atoms with Crippen LogP contribution in [0.15, 0.2) is 54.6 Å². The molecule has 1 N–H and O–H groups in total. The zero-order valence-corrected chi connectivity index (χ0v) is 17.4. The summed E-state index contributed by atoms with van der Waals surface area (Å²) in [5.74, 6) is 0.701. The average Bonchev–Trinajstić information content (AvgIpc) is 2.73. The van der Waals surface area contributed by atoms with Gasteiger partial charge < -0.3 is 15.0 Å². The summed E-state index contributed by atoms with van der Waals surface area (Å²) in [7, 11) is 4.11. The molecule has 0 bridgehead atoms. The topological polar surface area (TPSA) is 54.5 Å². The van der Waals surface area contributed by atoms with Crippen molar-refractivity contribution in [2.75, 3.05) is 33.8 Å². The van der Waals surface area contributed by atoms with E-state index in [1.807, 2.05) is 61.5 Å². The number of carbonyl (C=O) groups excluding carboxylic acids is 1. The molecule has 1 amide bonds. The maximum Gasteiger partial charge on any atom is 0.270 e. The molecule has 0 fully saturated rings. The molecule has 0 radical (unpaired) electrons. The third kappa shape index (κ3) is 5.55. The van der Waals surface area contributed by atoms with Crippen LogP contribution in [-0.2, 0) is 0 Å². The number of nitrogens with one attached hydrogen (secondary N) is 1. The van der Waals surface area contributed by atoms with Crippen LogP contribution >= 0.6 is 0 Å². The molecule has 0 aliphatic carbocycles. The second-order valence-electron chi connectivity index (χ2n) is 7.30. The smallest absolute Gasteiger partial charge is 0.270 e. The van der Waals surface area contributed by atoms with Gasteiger partial charge in [0.15, 0.2) is 0 Å². The van der Waals surface area contributed by atoms with Gasteiger partial charge in [-0.15, -0.1) is 0 Å². The Labute approximate surface area is 172 Å². The SMILES string of the molecule is CCOc1ccc(-c2cc3ccccc3c(C(=O)NCCCCN(C)C)n2)cc1. The van der Waals surface area contributed by atoms with Crippen molar-refractivity contribution in [3.8, 4) is 17.0 Å². The van der Waals surface area contributed by atoms with Gasteiger partial charge in [0.05, 0.1) is 12.3 Å². The van der Waals surface area contributed by atoms with Crippen molar-refractivity contribution in [3.05, 3.63) is 60.3 Å². The van der Waals surface area contributed by atoms with Crippen molar-refractivity contribution in [2.45, 2.75) is 19.8 Å². The molecule has 5 heteroatoms. The van der Waals surface area contributed by atoms with Gasteiger partial charge in [-0.2, -0.15) is 0 Å². The summed E-state index contributed by atoms with van der Waals surface area (Å²) >= 11 is 0. The Morgan fingerprint density at radius 2 is 1.83 bits per heavy atom. The van der Waals surface area contributed by atoms with Gasteiger partial charge >= 0.3 is 0 Å². The first-order valence-corrected chi connectivity index (χ1v) is 10.1. The van der Waals surface area contributed by atoms with Crippen LogP contribution in [0.1, 0.15) is 30.3 Å². The Morgan fingerprint density at radius 1 is 1.07 bits per heavy atom. The van der Waals surface area contributed by atoms with Gasteiger partial charge in [0, 0.05) is 17.5 Å². The third-order valence-corrected chi connectivity index (χ3v) is 4.73. The first-order valence-electron chi connectivity index (χ1n) is 10.1. The van der Waals surface area contributed by atoms with Crippen molar-refractivity contribution in [1.82, 2.24) is 15.2 Å². The molecule has 3 aromatic rings. The van der Waals surface area contributed by atoms with Crippen molar-refractivity contribution >= 4 is 16.7 Å². The van der Waals surface area contributed by atoms with Gasteiger partial charge in [0.1, 0.15) is 11.4 Å². The number of benzene rings is 2.